The molecule has 0 atom stereocenters. The first-order valence-electron chi connectivity index (χ1n) is 5.39. The smallest absolute Gasteiger partial charge is 0.221 e. The van der Waals surface area contributed by atoms with Gasteiger partial charge in [-0.3, -0.25) is 9.48 Å². The van der Waals surface area contributed by atoms with Crippen LogP contribution in [0.1, 0.15) is 31.2 Å². The molecule has 15 heavy (non-hydrogen) atoms. The Balaban J connectivity index is 2.21. The van der Waals surface area contributed by atoms with E-state index in [1.54, 1.807) is 0 Å². The molecule has 1 aromatic heterocycles. The zero-order valence-electron chi connectivity index (χ0n) is 9.50. The number of nitrogens with zero attached hydrogens (tertiary/aromatic N) is 2. The summed E-state index contributed by atoms with van der Waals surface area (Å²) >= 11 is 0. The van der Waals surface area contributed by atoms with Gasteiger partial charge < -0.3 is 5.32 Å². The van der Waals surface area contributed by atoms with E-state index in [0.29, 0.717) is 0 Å². The van der Waals surface area contributed by atoms with E-state index in [4.69, 9.17) is 0 Å². The molecule has 1 aromatic rings. The molecule has 0 unspecified atom stereocenters. The first-order chi connectivity index (χ1) is 7.08. The van der Waals surface area contributed by atoms with Crippen LogP contribution in [-0.4, -0.2) is 15.7 Å². The van der Waals surface area contributed by atoms with Crippen LogP contribution in [0, 0.1) is 19.8 Å². The van der Waals surface area contributed by atoms with E-state index in [2.05, 4.69) is 10.4 Å². The fourth-order valence-corrected chi connectivity index (χ4v) is 1.78. The summed E-state index contributed by atoms with van der Waals surface area (Å²) in [4.78, 5) is 11.0. The molecular weight excluding hydrogens is 190 g/mol. The van der Waals surface area contributed by atoms with Crippen molar-refractivity contribution in [3.05, 3.63) is 11.4 Å². The van der Waals surface area contributed by atoms with Crippen LogP contribution in [0.2, 0.25) is 0 Å². The van der Waals surface area contributed by atoms with Crippen molar-refractivity contribution < 1.29 is 4.79 Å². The first-order valence-corrected chi connectivity index (χ1v) is 5.39. The molecule has 0 aliphatic heterocycles. The molecule has 4 nitrogen and oxygen atoms in total. The van der Waals surface area contributed by atoms with Crippen LogP contribution in [0.3, 0.4) is 0 Å². The summed E-state index contributed by atoms with van der Waals surface area (Å²) < 4.78 is 2.01. The quantitative estimate of drug-likeness (QED) is 0.822. The average Bonchev–Trinajstić information content (AvgIpc) is 2.91. The molecule has 1 fully saturated rings. The van der Waals surface area contributed by atoms with Gasteiger partial charge in [0.1, 0.15) is 0 Å². The molecule has 0 radical (unpaired) electrons. The number of carbonyl (C=O) groups is 1. The van der Waals surface area contributed by atoms with Gasteiger partial charge >= 0.3 is 0 Å². The number of hydrogen-bond acceptors (Lipinski definition) is 2. The lowest BCUT2D eigenvalue weighted by Crippen LogP contribution is -2.08. The number of amides is 1. The average molecular weight is 207 g/mol. The van der Waals surface area contributed by atoms with E-state index in [9.17, 15) is 4.79 Å². The zero-order chi connectivity index (χ0) is 11.0. The minimum absolute atomic E-state index is 0.0350. The van der Waals surface area contributed by atoms with E-state index in [1.807, 2.05) is 18.5 Å². The molecule has 1 N–H and O–H groups in total. The minimum atomic E-state index is -0.0350. The number of carbonyl (C=O) groups excluding carboxylic acids is 1. The van der Waals surface area contributed by atoms with Crippen molar-refractivity contribution in [3.63, 3.8) is 0 Å². The van der Waals surface area contributed by atoms with Crippen LogP contribution in [0.25, 0.3) is 0 Å². The Bertz CT molecular complexity index is 391. The van der Waals surface area contributed by atoms with Crippen LogP contribution in [-0.2, 0) is 11.3 Å². The number of rotatable bonds is 3. The Kier molecular flexibility index (Phi) is 2.50. The standard InChI is InChI=1S/C11H17N3O/c1-7-11(12-9(3)15)8(2)14(13-7)6-10-4-5-10/h10H,4-6H2,1-3H3,(H,12,15). The van der Waals surface area contributed by atoms with Gasteiger partial charge in [0.2, 0.25) is 5.91 Å². The van der Waals surface area contributed by atoms with Crippen LogP contribution >= 0.6 is 0 Å². The third-order valence-corrected chi connectivity index (χ3v) is 2.81. The van der Waals surface area contributed by atoms with E-state index in [0.717, 1.165) is 29.5 Å². The number of aromatic nitrogens is 2. The summed E-state index contributed by atoms with van der Waals surface area (Å²) in [7, 11) is 0. The highest BCUT2D eigenvalue weighted by Crippen LogP contribution is 2.32. The summed E-state index contributed by atoms with van der Waals surface area (Å²) in [6.07, 6.45) is 2.63. The third kappa shape index (κ3) is 2.19. The van der Waals surface area contributed by atoms with E-state index >= 15 is 0 Å². The molecule has 2 rings (SSSR count). The van der Waals surface area contributed by atoms with Gasteiger partial charge in [-0.25, -0.2) is 0 Å². The van der Waals surface area contributed by atoms with Gasteiger partial charge in [0.05, 0.1) is 17.1 Å². The number of hydrogen-bond donors (Lipinski definition) is 1. The first kappa shape index (κ1) is 10.2. The lowest BCUT2D eigenvalue weighted by atomic mass is 10.3. The molecule has 0 spiro atoms. The number of aryl methyl sites for hydroxylation is 1. The zero-order valence-corrected chi connectivity index (χ0v) is 9.50. The summed E-state index contributed by atoms with van der Waals surface area (Å²) in [5.74, 6) is 0.764. The van der Waals surface area contributed by atoms with Crippen molar-refractivity contribution in [3.8, 4) is 0 Å². The maximum atomic E-state index is 11.0. The van der Waals surface area contributed by atoms with Gasteiger partial charge in [0.25, 0.3) is 0 Å². The van der Waals surface area contributed by atoms with Crippen molar-refractivity contribution in [2.24, 2.45) is 5.92 Å². The predicted molar refractivity (Wildman–Crippen MR) is 58.7 cm³/mol. The SMILES string of the molecule is CC(=O)Nc1c(C)nn(CC2CC2)c1C. The number of nitrogens with one attached hydrogen (secondary N) is 1. The largest absolute Gasteiger partial charge is 0.323 e. The fourth-order valence-electron chi connectivity index (χ4n) is 1.78. The summed E-state index contributed by atoms with van der Waals surface area (Å²) in [6, 6.07) is 0. The molecular formula is C11H17N3O. The Morgan fingerprint density at radius 2 is 2.20 bits per heavy atom. The van der Waals surface area contributed by atoms with Gasteiger partial charge in [-0.1, -0.05) is 0 Å². The molecule has 4 heteroatoms. The van der Waals surface area contributed by atoms with Gasteiger partial charge in [0.15, 0.2) is 0 Å². The lowest BCUT2D eigenvalue weighted by molar-refractivity contribution is -0.114. The second-order valence-electron chi connectivity index (χ2n) is 4.35. The van der Waals surface area contributed by atoms with Crippen molar-refractivity contribution in [1.82, 2.24) is 9.78 Å². The van der Waals surface area contributed by atoms with Gasteiger partial charge in [-0.15, -0.1) is 0 Å². The fraction of sp³-hybridized carbons (Fsp3) is 0.636. The van der Waals surface area contributed by atoms with Crippen LogP contribution in [0.15, 0.2) is 0 Å². The Morgan fingerprint density at radius 3 is 2.73 bits per heavy atom. The van der Waals surface area contributed by atoms with Gasteiger partial charge in [0, 0.05) is 13.5 Å². The van der Waals surface area contributed by atoms with Crippen molar-refractivity contribution in [2.45, 2.75) is 40.2 Å². The van der Waals surface area contributed by atoms with E-state index in [-0.39, 0.29) is 5.91 Å². The molecule has 0 aromatic carbocycles. The highest BCUT2D eigenvalue weighted by molar-refractivity contribution is 5.89. The van der Waals surface area contributed by atoms with E-state index < -0.39 is 0 Å². The van der Waals surface area contributed by atoms with Gasteiger partial charge in [-0.2, -0.15) is 5.10 Å². The van der Waals surface area contributed by atoms with Crippen molar-refractivity contribution in [1.29, 1.82) is 0 Å². The predicted octanol–water partition coefficient (Wildman–Crippen LogP) is 1.87. The van der Waals surface area contributed by atoms with Crippen molar-refractivity contribution >= 4 is 11.6 Å². The second-order valence-corrected chi connectivity index (χ2v) is 4.35. The maximum Gasteiger partial charge on any atom is 0.221 e. The molecule has 1 aliphatic carbocycles. The number of anilines is 1. The van der Waals surface area contributed by atoms with Crippen LogP contribution in [0.4, 0.5) is 5.69 Å². The van der Waals surface area contributed by atoms with Crippen LogP contribution < -0.4 is 5.32 Å². The monoisotopic (exact) mass is 207 g/mol. The molecule has 1 amide bonds. The highest BCUT2D eigenvalue weighted by atomic mass is 16.1. The molecule has 82 valence electrons. The highest BCUT2D eigenvalue weighted by Gasteiger charge is 2.24. The summed E-state index contributed by atoms with van der Waals surface area (Å²) in [5, 5.41) is 7.28. The minimum Gasteiger partial charge on any atom is -0.323 e. The molecule has 1 saturated carbocycles. The second kappa shape index (κ2) is 3.68. The Labute approximate surface area is 89.7 Å². The Hall–Kier alpha value is -1.32. The Morgan fingerprint density at radius 1 is 1.53 bits per heavy atom. The van der Waals surface area contributed by atoms with Crippen molar-refractivity contribution in [2.75, 3.05) is 5.32 Å². The maximum absolute atomic E-state index is 11.0. The molecule has 1 heterocycles. The van der Waals surface area contributed by atoms with Gasteiger partial charge in [-0.05, 0) is 32.6 Å². The molecule has 0 saturated heterocycles. The third-order valence-electron chi connectivity index (χ3n) is 2.81. The topological polar surface area (TPSA) is 46.9 Å². The normalized spacial score (nSPS) is 15.4. The molecule has 1 aliphatic rings. The molecule has 0 bridgehead atoms. The van der Waals surface area contributed by atoms with E-state index in [1.165, 1.54) is 19.8 Å². The summed E-state index contributed by atoms with van der Waals surface area (Å²) in [5.41, 5.74) is 2.85. The van der Waals surface area contributed by atoms with Crippen LogP contribution in [0.5, 0.6) is 0 Å². The lowest BCUT2D eigenvalue weighted by Gasteiger charge is -2.04. The summed E-state index contributed by atoms with van der Waals surface area (Å²) in [6.45, 7) is 6.46.